The molecule has 0 amide bonds. The second-order valence-electron chi connectivity index (χ2n) is 1.96. The van der Waals surface area contributed by atoms with Gasteiger partial charge in [-0.1, -0.05) is 0 Å². The fraction of sp³-hybridized carbons (Fsp3) is 0.600. The van der Waals surface area contributed by atoms with E-state index in [0.717, 1.165) is 0 Å². The minimum Gasteiger partial charge on any atom is -0.212 e. The van der Waals surface area contributed by atoms with Gasteiger partial charge in [0.25, 0.3) is 0 Å². The van der Waals surface area contributed by atoms with E-state index in [1.807, 2.05) is 0 Å². The van der Waals surface area contributed by atoms with Gasteiger partial charge in [0.1, 0.15) is 6.33 Å². The Bertz CT molecular complexity index is 205. The Morgan fingerprint density at radius 2 is 1.46 bits per heavy atom. The topological polar surface area (TPSA) is 0 Å². The lowest BCUT2D eigenvalue weighted by atomic mass is 10.1. The molecule has 0 atom stereocenters. The van der Waals surface area contributed by atoms with Crippen LogP contribution in [-0.4, -0.2) is 18.3 Å². The third-order valence-electron chi connectivity index (χ3n) is 1.09. The van der Waals surface area contributed by atoms with E-state index < -0.39 is 30.4 Å². The smallest absolute Gasteiger partial charge is 0.212 e. The van der Waals surface area contributed by atoms with Crippen LogP contribution < -0.4 is 0 Å². The van der Waals surface area contributed by atoms with Crippen LogP contribution in [0.25, 0.3) is 0 Å². The van der Waals surface area contributed by atoms with Gasteiger partial charge in [0.15, 0.2) is 0 Å². The summed E-state index contributed by atoms with van der Waals surface area (Å²) in [5.41, 5.74) is 0. The lowest BCUT2D eigenvalue weighted by Crippen LogP contribution is -2.46. The molecule has 0 saturated heterocycles. The van der Waals surface area contributed by atoms with E-state index in [0.29, 0.717) is 0 Å². The average molecular weight is 214 g/mol. The van der Waals surface area contributed by atoms with Gasteiger partial charge in [-0.05, 0) is 0 Å². The van der Waals surface area contributed by atoms with E-state index in [2.05, 4.69) is 0 Å². The molecule has 0 heterocycles. The Morgan fingerprint density at radius 1 is 1.08 bits per heavy atom. The van der Waals surface area contributed by atoms with Crippen molar-refractivity contribution in [2.75, 3.05) is 0 Å². The van der Waals surface area contributed by atoms with Crippen LogP contribution in [-0.2, 0) is 0 Å². The fourth-order valence-corrected chi connectivity index (χ4v) is 0.365. The van der Waals surface area contributed by atoms with Crippen LogP contribution in [0.15, 0.2) is 12.2 Å². The van der Waals surface area contributed by atoms with Crippen LogP contribution in [0.5, 0.6) is 0 Å². The monoisotopic (exact) mass is 214 g/mol. The molecule has 0 aromatic carbocycles. The molecule has 0 aliphatic carbocycles. The van der Waals surface area contributed by atoms with E-state index in [-0.39, 0.29) is 0 Å². The predicted molar refractivity (Wildman–Crippen MR) is 26.2 cm³/mol. The number of hydrogen-bond acceptors (Lipinski definition) is 0. The second kappa shape index (κ2) is 3.51. The van der Waals surface area contributed by atoms with Crippen molar-refractivity contribution in [2.45, 2.75) is 18.3 Å². The van der Waals surface area contributed by atoms with Crippen molar-refractivity contribution in [2.24, 2.45) is 0 Å². The molecule has 0 spiro atoms. The van der Waals surface area contributed by atoms with Crippen LogP contribution >= 0.6 is 0 Å². The third-order valence-corrected chi connectivity index (χ3v) is 1.09. The molecule has 0 saturated carbocycles. The van der Waals surface area contributed by atoms with Crippen molar-refractivity contribution >= 4 is 0 Å². The molecule has 0 aliphatic rings. The van der Waals surface area contributed by atoms with Gasteiger partial charge in [0.2, 0.25) is 5.83 Å². The molecule has 0 aliphatic heterocycles. The van der Waals surface area contributed by atoms with Crippen LogP contribution in [0.3, 0.4) is 0 Å². The Kier molecular flexibility index (Phi) is 3.28. The molecule has 0 aromatic heterocycles. The maximum atomic E-state index is 11.9. The van der Waals surface area contributed by atoms with E-state index in [1.54, 1.807) is 0 Å². The van der Waals surface area contributed by atoms with Gasteiger partial charge in [-0.2, -0.15) is 17.6 Å². The first kappa shape index (κ1) is 12.2. The van der Waals surface area contributed by atoms with Gasteiger partial charge in [-0.3, -0.25) is 0 Å². The normalized spacial score (nSPS) is 15.3. The van der Waals surface area contributed by atoms with Crippen molar-refractivity contribution < 1.29 is 35.1 Å². The summed E-state index contributed by atoms with van der Waals surface area (Å²) in [6, 6.07) is 0. The Balaban J connectivity index is 5.03. The summed E-state index contributed by atoms with van der Waals surface area (Å²) in [5, 5.41) is 0. The zero-order chi connectivity index (χ0) is 10.9. The molecule has 0 unspecified atom stereocenters. The second-order valence-corrected chi connectivity index (χ2v) is 1.96. The Hall–Kier alpha value is -0.820. The quantitative estimate of drug-likeness (QED) is 0.632. The molecule has 0 N–H and O–H groups in total. The van der Waals surface area contributed by atoms with Gasteiger partial charge in [-0.25, -0.2) is 17.6 Å². The third kappa shape index (κ3) is 1.92. The minimum atomic E-state index is -5.93. The molecule has 0 radical (unpaired) electrons. The first-order valence-electron chi connectivity index (χ1n) is 2.68. The molecular weight excluding hydrogens is 212 g/mol. The first-order valence-corrected chi connectivity index (χ1v) is 2.68. The van der Waals surface area contributed by atoms with Gasteiger partial charge >= 0.3 is 18.3 Å². The number of rotatable bonds is 3. The summed E-state index contributed by atoms with van der Waals surface area (Å²) < 4.78 is 92.8. The van der Waals surface area contributed by atoms with E-state index in [9.17, 15) is 35.1 Å². The van der Waals surface area contributed by atoms with E-state index in [1.165, 1.54) is 0 Å². The van der Waals surface area contributed by atoms with Gasteiger partial charge in [0.05, 0.1) is 0 Å². The summed E-state index contributed by atoms with van der Waals surface area (Å²) in [5.74, 6) is -15.0. The molecule has 0 nitrogen and oxygen atoms in total. The van der Waals surface area contributed by atoms with Crippen molar-refractivity contribution in [3.63, 3.8) is 0 Å². The summed E-state index contributed by atoms with van der Waals surface area (Å²) in [7, 11) is 0. The molecular formula is C5H2F8. The Morgan fingerprint density at radius 3 is 1.69 bits per heavy atom. The first-order chi connectivity index (χ1) is 5.67. The van der Waals surface area contributed by atoms with E-state index in [4.69, 9.17) is 0 Å². The highest BCUT2D eigenvalue weighted by Gasteiger charge is 2.65. The van der Waals surface area contributed by atoms with Crippen molar-refractivity contribution in [3.05, 3.63) is 12.2 Å². The minimum absolute atomic E-state index is 1.49. The van der Waals surface area contributed by atoms with Gasteiger partial charge in [-0.15, -0.1) is 0 Å². The average Bonchev–Trinajstić information content (AvgIpc) is 2.02. The maximum Gasteiger partial charge on any atom is 0.376 e. The highest BCUT2D eigenvalue weighted by molar-refractivity contribution is 5.08. The molecule has 0 aromatic rings. The van der Waals surface area contributed by atoms with Crippen LogP contribution in [0.1, 0.15) is 0 Å². The summed E-state index contributed by atoms with van der Waals surface area (Å²) in [6.07, 6.45) is -6.27. The lowest BCUT2D eigenvalue weighted by Gasteiger charge is -2.23. The zero-order valence-corrected chi connectivity index (χ0v) is 5.68. The van der Waals surface area contributed by atoms with Crippen molar-refractivity contribution in [3.8, 4) is 0 Å². The predicted octanol–water partition coefficient (Wildman–Crippen LogP) is 3.30. The fourth-order valence-electron chi connectivity index (χ4n) is 0.365. The van der Waals surface area contributed by atoms with Crippen LogP contribution in [0.2, 0.25) is 0 Å². The highest BCUT2D eigenvalue weighted by atomic mass is 19.3. The Labute approximate surface area is 66.8 Å². The summed E-state index contributed by atoms with van der Waals surface area (Å²) in [4.78, 5) is 0. The number of halogens is 8. The number of allylic oxidation sites excluding steroid dienone is 1. The molecule has 13 heavy (non-hydrogen) atoms. The van der Waals surface area contributed by atoms with Crippen molar-refractivity contribution in [1.82, 2.24) is 0 Å². The van der Waals surface area contributed by atoms with E-state index >= 15 is 0 Å². The zero-order valence-electron chi connectivity index (χ0n) is 5.68. The standard InChI is InChI=1S/C5H2F8/c6-1-2(7)4(10,11)5(12,13)3(8)9/h1,3H. The number of hydrogen-bond donors (Lipinski definition) is 0. The van der Waals surface area contributed by atoms with Crippen LogP contribution in [0, 0.1) is 0 Å². The summed E-state index contributed by atoms with van der Waals surface area (Å²) >= 11 is 0. The summed E-state index contributed by atoms with van der Waals surface area (Å²) in [6.45, 7) is 0. The number of alkyl halides is 6. The lowest BCUT2D eigenvalue weighted by molar-refractivity contribution is -0.253. The highest BCUT2D eigenvalue weighted by Crippen LogP contribution is 2.44. The molecule has 8 heteroatoms. The molecule has 0 fully saturated rings. The van der Waals surface area contributed by atoms with Crippen molar-refractivity contribution in [1.29, 1.82) is 0 Å². The molecule has 78 valence electrons. The largest absolute Gasteiger partial charge is 0.376 e. The SMILES string of the molecule is FC=C(F)C(F)(F)C(F)(F)C(F)F. The van der Waals surface area contributed by atoms with Crippen LogP contribution in [0.4, 0.5) is 35.1 Å². The van der Waals surface area contributed by atoms with Gasteiger partial charge < -0.3 is 0 Å². The maximum absolute atomic E-state index is 11.9. The molecule has 0 bridgehead atoms. The van der Waals surface area contributed by atoms with Gasteiger partial charge in [0, 0.05) is 0 Å². The molecule has 0 rings (SSSR count).